The van der Waals surface area contributed by atoms with E-state index in [1.54, 1.807) is 24.3 Å². The summed E-state index contributed by atoms with van der Waals surface area (Å²) in [6, 6.07) is 6.51. The number of carbonyl (C=O) groups is 1. The molecule has 15 heavy (non-hydrogen) atoms. The second kappa shape index (κ2) is 3.29. The molecule has 78 valence electrons. The van der Waals surface area contributed by atoms with Gasteiger partial charge in [-0.3, -0.25) is 10.3 Å². The molecular formula is C10H9NO4. The number of carboxylic acid groups (broad SMARTS) is 1. The molecule has 0 unspecified atom stereocenters. The first-order valence-corrected chi connectivity index (χ1v) is 4.32. The van der Waals surface area contributed by atoms with Gasteiger partial charge in [0.15, 0.2) is 0 Å². The van der Waals surface area contributed by atoms with Gasteiger partial charge in [-0.05, 0) is 12.1 Å². The lowest BCUT2D eigenvalue weighted by atomic mass is 10.0. The van der Waals surface area contributed by atoms with Crippen LogP contribution in [0.25, 0.3) is 5.76 Å². The number of aliphatic carboxylic acids is 1. The Bertz CT molecular complexity index is 452. The number of nitrogens with zero attached hydrogens (tertiary/aromatic N) is 1. The zero-order valence-electron chi connectivity index (χ0n) is 7.71. The minimum atomic E-state index is -1.24. The van der Waals surface area contributed by atoms with E-state index >= 15 is 0 Å². The normalized spacial score (nSPS) is 15.1. The first-order valence-electron chi connectivity index (χ1n) is 4.32. The molecule has 1 aliphatic rings. The molecule has 0 spiro atoms. The van der Waals surface area contributed by atoms with Crippen LogP contribution >= 0.6 is 0 Å². The highest BCUT2D eigenvalue weighted by Crippen LogP contribution is 2.31. The molecule has 2 rings (SSSR count). The fraction of sp³-hybridized carbons (Fsp3) is 0.100. The number of aliphatic hydroxyl groups excluding tert-OH is 1. The molecule has 5 nitrogen and oxygen atoms in total. The van der Waals surface area contributed by atoms with Gasteiger partial charge in [0.1, 0.15) is 11.3 Å². The van der Waals surface area contributed by atoms with E-state index in [1.807, 2.05) is 0 Å². The van der Waals surface area contributed by atoms with Gasteiger partial charge in [0.2, 0.25) is 0 Å². The van der Waals surface area contributed by atoms with Crippen LogP contribution in [0.15, 0.2) is 29.8 Å². The average molecular weight is 207 g/mol. The van der Waals surface area contributed by atoms with Gasteiger partial charge in [0.05, 0.1) is 12.2 Å². The van der Waals surface area contributed by atoms with Crippen molar-refractivity contribution in [2.45, 2.75) is 0 Å². The number of benzene rings is 1. The van der Waals surface area contributed by atoms with Crippen LogP contribution in [-0.4, -0.2) is 27.9 Å². The molecule has 1 aliphatic heterocycles. The van der Waals surface area contributed by atoms with Crippen LogP contribution in [0, 0.1) is 0 Å². The lowest BCUT2D eigenvalue weighted by molar-refractivity contribution is -0.132. The van der Waals surface area contributed by atoms with Crippen LogP contribution in [0.5, 0.6) is 0 Å². The van der Waals surface area contributed by atoms with Crippen molar-refractivity contribution in [2.24, 2.45) is 0 Å². The van der Waals surface area contributed by atoms with Crippen LogP contribution < -0.4 is 5.06 Å². The lowest BCUT2D eigenvalue weighted by Crippen LogP contribution is -2.29. The summed E-state index contributed by atoms with van der Waals surface area (Å²) in [5.74, 6) is -1.52. The van der Waals surface area contributed by atoms with Crippen molar-refractivity contribution < 1.29 is 20.2 Å². The second-order valence-corrected chi connectivity index (χ2v) is 3.21. The predicted molar refractivity (Wildman–Crippen MR) is 52.8 cm³/mol. The highest BCUT2D eigenvalue weighted by molar-refractivity contribution is 5.98. The van der Waals surface area contributed by atoms with E-state index in [4.69, 9.17) is 5.11 Å². The number of anilines is 1. The summed E-state index contributed by atoms with van der Waals surface area (Å²) in [7, 11) is 0. The Hall–Kier alpha value is -2.01. The summed E-state index contributed by atoms with van der Waals surface area (Å²) >= 11 is 0. The smallest absolute Gasteiger partial charge is 0.337 e. The number of hydroxylamine groups is 1. The van der Waals surface area contributed by atoms with Crippen LogP contribution in [0.4, 0.5) is 5.69 Å². The number of carboxylic acids is 1. The molecule has 1 aromatic carbocycles. The van der Waals surface area contributed by atoms with Crippen molar-refractivity contribution in [1.29, 1.82) is 0 Å². The molecule has 1 heterocycles. The number of hydrogen-bond donors (Lipinski definition) is 3. The number of aliphatic hydroxyl groups is 1. The first-order chi connectivity index (χ1) is 7.11. The molecule has 0 fully saturated rings. The Labute approximate surface area is 85.5 Å². The van der Waals surface area contributed by atoms with E-state index in [1.165, 1.54) is 0 Å². The molecular weight excluding hydrogens is 198 g/mol. The van der Waals surface area contributed by atoms with Crippen LogP contribution in [0.2, 0.25) is 0 Å². The summed E-state index contributed by atoms with van der Waals surface area (Å²) in [6.07, 6.45) is 0. The minimum Gasteiger partial charge on any atom is -0.507 e. The Balaban J connectivity index is 2.62. The monoisotopic (exact) mass is 207 g/mol. The van der Waals surface area contributed by atoms with Crippen molar-refractivity contribution in [1.82, 2.24) is 0 Å². The molecule has 1 aromatic rings. The summed E-state index contributed by atoms with van der Waals surface area (Å²) in [5, 5.41) is 28.8. The largest absolute Gasteiger partial charge is 0.507 e. The van der Waals surface area contributed by atoms with Gasteiger partial charge in [-0.1, -0.05) is 12.1 Å². The molecule has 0 aliphatic carbocycles. The first kappa shape index (κ1) is 9.54. The fourth-order valence-electron chi connectivity index (χ4n) is 1.54. The second-order valence-electron chi connectivity index (χ2n) is 3.21. The molecule has 5 heteroatoms. The van der Waals surface area contributed by atoms with E-state index < -0.39 is 5.97 Å². The quantitative estimate of drug-likeness (QED) is 0.645. The summed E-state index contributed by atoms with van der Waals surface area (Å²) in [6.45, 7) is -0.224. The third-order valence-electron chi connectivity index (χ3n) is 2.29. The summed E-state index contributed by atoms with van der Waals surface area (Å²) in [5.41, 5.74) is 0.514. The van der Waals surface area contributed by atoms with Gasteiger partial charge >= 0.3 is 5.97 Å². The molecule has 3 N–H and O–H groups in total. The van der Waals surface area contributed by atoms with Crippen LogP contribution in [-0.2, 0) is 4.79 Å². The van der Waals surface area contributed by atoms with E-state index in [-0.39, 0.29) is 17.9 Å². The van der Waals surface area contributed by atoms with Gasteiger partial charge in [0, 0.05) is 5.56 Å². The maximum atomic E-state index is 10.8. The third-order valence-corrected chi connectivity index (χ3v) is 2.29. The van der Waals surface area contributed by atoms with Crippen molar-refractivity contribution in [3.63, 3.8) is 0 Å². The van der Waals surface area contributed by atoms with Crippen LogP contribution in [0.3, 0.4) is 0 Å². The predicted octanol–water partition coefficient (Wildman–Crippen LogP) is 1.25. The Morgan fingerprint density at radius 3 is 2.67 bits per heavy atom. The highest BCUT2D eigenvalue weighted by atomic mass is 16.5. The number of rotatable bonds is 1. The van der Waals surface area contributed by atoms with Gasteiger partial charge < -0.3 is 10.2 Å². The standard InChI is InChI=1S/C10H9NO4/c12-9-6-3-1-2-4-8(6)11(15)5-7(9)10(13)14/h1-4,12,15H,5H2,(H,13,14). The number of fused-ring (bicyclic) bond motifs is 1. The van der Waals surface area contributed by atoms with E-state index in [0.29, 0.717) is 11.3 Å². The highest BCUT2D eigenvalue weighted by Gasteiger charge is 2.26. The zero-order valence-corrected chi connectivity index (χ0v) is 7.71. The molecule has 0 radical (unpaired) electrons. The summed E-state index contributed by atoms with van der Waals surface area (Å²) < 4.78 is 0. The van der Waals surface area contributed by atoms with Gasteiger partial charge in [-0.25, -0.2) is 4.79 Å². The number of para-hydroxylation sites is 1. The van der Waals surface area contributed by atoms with Crippen molar-refractivity contribution in [2.75, 3.05) is 11.6 Å². The van der Waals surface area contributed by atoms with Gasteiger partial charge in [-0.2, -0.15) is 0 Å². The lowest BCUT2D eigenvalue weighted by Gasteiger charge is -2.25. The van der Waals surface area contributed by atoms with Crippen LogP contribution in [0.1, 0.15) is 5.56 Å². The van der Waals surface area contributed by atoms with E-state index in [2.05, 4.69) is 0 Å². The van der Waals surface area contributed by atoms with Crippen molar-refractivity contribution in [3.8, 4) is 0 Å². The maximum absolute atomic E-state index is 10.8. The molecule has 0 amide bonds. The van der Waals surface area contributed by atoms with Gasteiger partial charge in [0.25, 0.3) is 0 Å². The Morgan fingerprint density at radius 2 is 2.00 bits per heavy atom. The molecule has 0 bridgehead atoms. The Morgan fingerprint density at radius 1 is 1.33 bits per heavy atom. The SMILES string of the molecule is O=C(O)C1=C(O)c2ccccc2N(O)C1. The fourth-order valence-corrected chi connectivity index (χ4v) is 1.54. The minimum absolute atomic E-state index is 0.212. The van der Waals surface area contributed by atoms with Crippen molar-refractivity contribution >= 4 is 17.4 Å². The molecule has 0 atom stereocenters. The molecule has 0 saturated heterocycles. The molecule has 0 aromatic heterocycles. The average Bonchev–Trinajstić information content (AvgIpc) is 2.23. The molecule has 0 saturated carbocycles. The summed E-state index contributed by atoms with van der Waals surface area (Å²) in [4.78, 5) is 10.8. The zero-order chi connectivity index (χ0) is 11.0. The Kier molecular flexibility index (Phi) is 2.09. The third kappa shape index (κ3) is 1.42. The topological polar surface area (TPSA) is 81.0 Å². The van der Waals surface area contributed by atoms with Crippen molar-refractivity contribution in [3.05, 3.63) is 35.4 Å². The maximum Gasteiger partial charge on any atom is 0.337 e. The van der Waals surface area contributed by atoms with Gasteiger partial charge in [-0.15, -0.1) is 0 Å². The van der Waals surface area contributed by atoms with E-state index in [0.717, 1.165) is 5.06 Å². The number of hydrogen-bond acceptors (Lipinski definition) is 4. The van der Waals surface area contributed by atoms with E-state index in [9.17, 15) is 15.1 Å².